The van der Waals surface area contributed by atoms with E-state index in [1.807, 2.05) is 225 Å². The number of nitrogen functional groups attached to an aromatic ring is 1. The van der Waals surface area contributed by atoms with Crippen molar-refractivity contribution in [1.82, 2.24) is 25.8 Å². The Labute approximate surface area is 552 Å². The molecule has 2 atom stereocenters. The molecule has 0 bridgehead atoms. The second-order valence-corrected chi connectivity index (χ2v) is 23.1. The molecule has 0 saturated heterocycles. The fraction of sp³-hybridized carbons (Fsp3) is 0.128. The number of benzene rings is 10. The van der Waals surface area contributed by atoms with Gasteiger partial charge < -0.3 is 37.2 Å². The van der Waals surface area contributed by atoms with E-state index in [2.05, 4.69) is 16.0 Å². The highest BCUT2D eigenvalue weighted by Crippen LogP contribution is 2.28. The summed E-state index contributed by atoms with van der Waals surface area (Å²) in [5.41, 5.74) is 24.7. The van der Waals surface area contributed by atoms with Gasteiger partial charge in [-0.15, -0.1) is 11.8 Å². The molecule has 15 nitrogen and oxygen atoms in total. The van der Waals surface area contributed by atoms with Crippen LogP contribution in [0.25, 0.3) is 44.5 Å². The fourth-order valence-corrected chi connectivity index (χ4v) is 11.0. The Morgan fingerprint density at radius 2 is 0.670 bits per heavy atom. The van der Waals surface area contributed by atoms with E-state index in [1.54, 1.807) is 53.4 Å². The highest BCUT2D eigenvalue weighted by Gasteiger charge is 2.33. The van der Waals surface area contributed by atoms with Gasteiger partial charge in [0.25, 0.3) is 11.8 Å². The van der Waals surface area contributed by atoms with Gasteiger partial charge in [-0.25, -0.2) is 0 Å². The maximum atomic E-state index is 14.4. The molecular formula is C78H73N9O6S. The van der Waals surface area contributed by atoms with Crippen molar-refractivity contribution in [3.8, 4) is 44.5 Å². The van der Waals surface area contributed by atoms with Crippen molar-refractivity contribution in [1.29, 1.82) is 10.8 Å². The number of hydrogen-bond acceptors (Lipinski definition) is 9. The van der Waals surface area contributed by atoms with Gasteiger partial charge in [-0.2, -0.15) is 0 Å². The molecule has 0 radical (unpaired) electrons. The van der Waals surface area contributed by atoms with Crippen molar-refractivity contribution in [2.24, 2.45) is 11.5 Å². The summed E-state index contributed by atoms with van der Waals surface area (Å²) in [6.07, 6.45) is 2.26. The van der Waals surface area contributed by atoms with Crippen LogP contribution in [0.1, 0.15) is 54.1 Å². The van der Waals surface area contributed by atoms with Crippen molar-refractivity contribution >= 4 is 58.1 Å². The Morgan fingerprint density at radius 3 is 0.968 bits per heavy atom. The van der Waals surface area contributed by atoms with Crippen LogP contribution in [-0.4, -0.2) is 94.6 Å². The number of likely N-dealkylation sites (N-methyl/N-ethyl adjacent to an activating group) is 1. The first-order valence-electron chi connectivity index (χ1n) is 30.6. The highest BCUT2D eigenvalue weighted by molar-refractivity contribution is 8.13. The second kappa shape index (κ2) is 33.0. The summed E-state index contributed by atoms with van der Waals surface area (Å²) in [5.74, 6) is -2.78. The van der Waals surface area contributed by atoms with Crippen LogP contribution in [0.15, 0.2) is 267 Å². The van der Waals surface area contributed by atoms with E-state index in [-0.39, 0.29) is 62.6 Å². The SMILES string of the molecule is CNC(=O)CNC(=O)C(Cc1ccc(-c2ccccc2)cc1)N(Cc1ccc(-c2ccccc2)cc1)C(=O)c1ccc(C(=N)SC)cc1.N=C(N)c1ccc(C(=O)N(Cc2ccc(-c3ccccc3)cc2)C(Cc2ccc(-c3ccccc3)cc2)C(=O)NCC(N)=O)cc1. The average molecular weight is 1260 g/mol. The van der Waals surface area contributed by atoms with Gasteiger partial charge in [0.05, 0.1) is 18.1 Å². The minimum atomic E-state index is -0.976. The topological polar surface area (TPSA) is 245 Å². The first-order chi connectivity index (χ1) is 45.6. The standard InChI is InChI=1S/C40H38N4O3S.C38H35N5O3/c1-42-37(45)26-43-39(46)36(25-28-13-17-32(18-14-28)30-9-5-3-6-10-30)44(40(47)35-23-21-34(22-24-35)38(41)48-2)27-29-15-19-33(20-16-29)31-11-7-4-8-12-31;39-35(44)24-42-37(45)34(23-26-11-15-30(16-12-26)28-7-3-1-4-8-28)43(38(46)33-21-19-32(20-22-33)36(40)41)25-27-13-17-31(18-14-27)29-9-5-2-6-10-29/h3-24,36,41H,25-27H2,1-2H3,(H,42,45)(H,43,46);1-22,34H,23-25H2,(H2,39,44)(H3,40,41)(H,42,45). The molecule has 0 fully saturated rings. The predicted molar refractivity (Wildman–Crippen MR) is 376 cm³/mol. The smallest absolute Gasteiger partial charge is 0.254 e. The van der Waals surface area contributed by atoms with Gasteiger partial charge in [-0.05, 0) is 97.3 Å². The van der Waals surface area contributed by atoms with Crippen LogP contribution in [0.3, 0.4) is 0 Å². The summed E-state index contributed by atoms with van der Waals surface area (Å²) in [6.45, 7) is -0.281. The van der Waals surface area contributed by atoms with E-state index in [9.17, 15) is 28.8 Å². The van der Waals surface area contributed by atoms with Gasteiger partial charge in [0.1, 0.15) is 17.9 Å². The molecule has 0 aliphatic rings. The molecule has 10 rings (SSSR count). The third-order valence-corrected chi connectivity index (χ3v) is 16.5. The van der Waals surface area contributed by atoms with E-state index in [0.29, 0.717) is 27.3 Å². The molecule has 0 heterocycles. The van der Waals surface area contributed by atoms with Gasteiger partial charge in [0.15, 0.2) is 0 Å². The molecule has 0 aromatic heterocycles. The Bertz CT molecular complexity index is 4200. The maximum Gasteiger partial charge on any atom is 0.254 e. The van der Waals surface area contributed by atoms with Gasteiger partial charge >= 0.3 is 0 Å². The van der Waals surface area contributed by atoms with Crippen LogP contribution >= 0.6 is 11.8 Å². The van der Waals surface area contributed by atoms with Gasteiger partial charge in [0, 0.05) is 55.2 Å². The van der Waals surface area contributed by atoms with Crippen molar-refractivity contribution in [3.05, 3.63) is 311 Å². The molecule has 0 saturated carbocycles. The summed E-state index contributed by atoms with van der Waals surface area (Å²) < 4.78 is 0. The number of hydrogen-bond donors (Lipinski definition) is 7. The number of carbonyl (C=O) groups excluding carboxylic acids is 6. The van der Waals surface area contributed by atoms with E-state index >= 15 is 0 Å². The number of rotatable bonds is 24. The van der Waals surface area contributed by atoms with E-state index in [4.69, 9.17) is 22.3 Å². The number of amidine groups is 1. The zero-order chi connectivity index (χ0) is 66.3. The minimum absolute atomic E-state index is 0.114. The Morgan fingerprint density at radius 1 is 0.383 bits per heavy atom. The highest BCUT2D eigenvalue weighted by atomic mass is 32.2. The third kappa shape index (κ3) is 18.4. The second-order valence-electron chi connectivity index (χ2n) is 22.2. The van der Waals surface area contributed by atoms with Crippen LogP contribution in [0.2, 0.25) is 0 Å². The molecule has 10 aromatic carbocycles. The van der Waals surface area contributed by atoms with Crippen LogP contribution in [0.4, 0.5) is 0 Å². The summed E-state index contributed by atoms with van der Waals surface area (Å²) in [4.78, 5) is 83.1. The molecule has 0 aliphatic heterocycles. The molecule has 0 spiro atoms. The first-order valence-corrected chi connectivity index (χ1v) is 31.8. The number of amides is 6. The number of primary amides is 1. The maximum absolute atomic E-state index is 14.4. The quantitative estimate of drug-likeness (QED) is 0.0226. The third-order valence-electron chi connectivity index (χ3n) is 15.9. The van der Waals surface area contributed by atoms with Crippen LogP contribution < -0.4 is 27.4 Å². The van der Waals surface area contributed by atoms with E-state index < -0.39 is 29.8 Å². The zero-order valence-corrected chi connectivity index (χ0v) is 53.0. The predicted octanol–water partition coefficient (Wildman–Crippen LogP) is 12.0. The number of carbonyl (C=O) groups is 6. The van der Waals surface area contributed by atoms with E-state index in [0.717, 1.165) is 66.8 Å². The largest absolute Gasteiger partial charge is 0.384 e. The van der Waals surface area contributed by atoms with Crippen molar-refractivity contribution in [3.63, 3.8) is 0 Å². The lowest BCUT2D eigenvalue weighted by Gasteiger charge is -2.31. The zero-order valence-electron chi connectivity index (χ0n) is 52.2. The van der Waals surface area contributed by atoms with Crippen LogP contribution in [0.5, 0.6) is 0 Å². The Hall–Kier alpha value is -11.5. The Balaban J connectivity index is 0.000000222. The summed E-state index contributed by atoms with van der Waals surface area (Å²) in [7, 11) is 1.51. The van der Waals surface area contributed by atoms with Crippen LogP contribution in [-0.2, 0) is 45.1 Å². The Kier molecular flexibility index (Phi) is 23.5. The van der Waals surface area contributed by atoms with Crippen molar-refractivity contribution in [2.75, 3.05) is 26.4 Å². The molecule has 6 amide bonds. The molecular weight excluding hydrogens is 1190 g/mol. The molecule has 2 unspecified atom stereocenters. The average Bonchev–Trinajstić information content (AvgIpc) is 0.836. The summed E-state index contributed by atoms with van der Waals surface area (Å²) in [6, 6.07) is 83.0. The monoisotopic (exact) mass is 1260 g/mol. The number of nitrogens with zero attached hydrogens (tertiary/aromatic N) is 2. The fourth-order valence-electron chi connectivity index (χ4n) is 10.6. The lowest BCUT2D eigenvalue weighted by atomic mass is 9.98. The molecule has 0 aliphatic carbocycles. The van der Waals surface area contributed by atoms with Crippen molar-refractivity contribution in [2.45, 2.75) is 38.0 Å². The molecule has 472 valence electrons. The molecule has 9 N–H and O–H groups in total. The normalized spacial score (nSPS) is 11.3. The lowest BCUT2D eigenvalue weighted by molar-refractivity contribution is -0.129. The minimum Gasteiger partial charge on any atom is -0.384 e. The first kappa shape index (κ1) is 66.9. The molecule has 94 heavy (non-hydrogen) atoms. The van der Waals surface area contributed by atoms with Crippen molar-refractivity contribution < 1.29 is 28.8 Å². The summed E-state index contributed by atoms with van der Waals surface area (Å²) >= 11 is 1.32. The van der Waals surface area contributed by atoms with Gasteiger partial charge in [-0.1, -0.05) is 243 Å². The number of nitrogens with one attached hydrogen (secondary N) is 5. The number of nitrogens with two attached hydrogens (primary N) is 2. The lowest BCUT2D eigenvalue weighted by Crippen LogP contribution is -2.51. The summed E-state index contributed by atoms with van der Waals surface area (Å²) in [5, 5.41) is 24.2. The number of thioether (sulfide) groups is 1. The molecule has 10 aromatic rings. The van der Waals surface area contributed by atoms with Gasteiger partial charge in [0.2, 0.25) is 23.6 Å². The van der Waals surface area contributed by atoms with E-state index in [1.165, 1.54) is 23.7 Å². The van der Waals surface area contributed by atoms with Crippen LogP contribution in [0, 0.1) is 10.8 Å². The van der Waals surface area contributed by atoms with Gasteiger partial charge in [-0.3, -0.25) is 39.6 Å². The molecule has 16 heteroatoms.